The van der Waals surface area contributed by atoms with Crippen molar-refractivity contribution in [2.24, 2.45) is 16.9 Å². The lowest BCUT2D eigenvalue weighted by Crippen LogP contribution is -2.53. The number of nitrogens with two attached hydrogens (primary N) is 2. The first-order chi connectivity index (χ1) is 16.3. The molecule has 0 aliphatic heterocycles. The number of Topliss-reactive ketones (excluding diaryl/α,β-unsaturated/α-hetero) is 1. The quantitative estimate of drug-likeness (QED) is 0.295. The molecule has 2 rings (SSSR count). The lowest BCUT2D eigenvalue weighted by molar-refractivity contribution is -0.132. The molecule has 0 aromatic heterocycles. The van der Waals surface area contributed by atoms with Crippen molar-refractivity contribution in [3.05, 3.63) is 71.8 Å². The van der Waals surface area contributed by atoms with Crippen molar-refractivity contribution in [2.45, 2.75) is 56.7 Å². The number of unbranched alkanes of at least 4 members (excludes halogenated alkanes) is 1. The van der Waals surface area contributed by atoms with Crippen LogP contribution in [0, 0.1) is 5.41 Å². The van der Waals surface area contributed by atoms with E-state index in [1.807, 2.05) is 50.2 Å². The van der Waals surface area contributed by atoms with Crippen LogP contribution in [0.1, 0.15) is 44.2 Å². The highest BCUT2D eigenvalue weighted by Crippen LogP contribution is 2.25. The topological polar surface area (TPSA) is 98.2 Å². The average molecular weight is 502 g/mol. The van der Waals surface area contributed by atoms with E-state index in [4.69, 9.17) is 11.5 Å². The summed E-state index contributed by atoms with van der Waals surface area (Å²) in [4.78, 5) is 26.3. The van der Waals surface area contributed by atoms with Crippen molar-refractivity contribution in [1.82, 2.24) is 5.32 Å². The van der Waals surface area contributed by atoms with Crippen LogP contribution in [0.4, 0.5) is 0 Å². The molecule has 0 fully saturated rings. The van der Waals surface area contributed by atoms with Gasteiger partial charge in [-0.25, -0.2) is 0 Å². The summed E-state index contributed by atoms with van der Waals surface area (Å²) in [5.41, 5.74) is 13.6. The van der Waals surface area contributed by atoms with E-state index < -0.39 is 17.5 Å². The summed E-state index contributed by atoms with van der Waals surface area (Å²) in [6.07, 6.45) is 2.23. The third kappa shape index (κ3) is 10.2. The SMILES string of the molecule is CC(C)(CSCc1ccccc1)C(=O)N[C@@H](CSCc1ccccc1)C(=O)C(N)CCCCN. The number of carbonyl (C=O) groups excluding carboxylic acids is 2. The molecule has 2 aromatic rings. The van der Waals surface area contributed by atoms with Crippen LogP contribution in [-0.4, -0.2) is 41.8 Å². The van der Waals surface area contributed by atoms with Crippen LogP contribution in [0.2, 0.25) is 0 Å². The molecule has 0 saturated carbocycles. The van der Waals surface area contributed by atoms with Gasteiger partial charge in [-0.3, -0.25) is 9.59 Å². The molecule has 0 saturated heterocycles. The van der Waals surface area contributed by atoms with Gasteiger partial charge in [0.05, 0.1) is 17.5 Å². The molecule has 0 aliphatic rings. The fraction of sp³-hybridized carbons (Fsp3) is 0.481. The molecular formula is C27H39N3O2S2. The van der Waals surface area contributed by atoms with Gasteiger partial charge in [-0.1, -0.05) is 80.9 Å². The molecule has 1 unspecified atom stereocenters. The Labute approximate surface area is 213 Å². The molecule has 0 aliphatic carbocycles. The van der Waals surface area contributed by atoms with E-state index in [0.717, 1.165) is 24.3 Å². The number of rotatable bonds is 16. The van der Waals surface area contributed by atoms with Crippen LogP contribution in [0.15, 0.2) is 60.7 Å². The molecule has 186 valence electrons. The van der Waals surface area contributed by atoms with Gasteiger partial charge in [-0.2, -0.15) is 23.5 Å². The zero-order valence-corrected chi connectivity index (χ0v) is 22.0. The second-order valence-electron chi connectivity index (χ2n) is 9.18. The summed E-state index contributed by atoms with van der Waals surface area (Å²) < 4.78 is 0. The number of nitrogens with one attached hydrogen (secondary N) is 1. The Hall–Kier alpha value is -1.80. The molecule has 7 heteroatoms. The van der Waals surface area contributed by atoms with Gasteiger partial charge in [0.1, 0.15) is 0 Å². The minimum atomic E-state index is -0.605. The summed E-state index contributed by atoms with van der Waals surface area (Å²) >= 11 is 3.36. The molecule has 34 heavy (non-hydrogen) atoms. The Morgan fingerprint density at radius 3 is 2.03 bits per heavy atom. The Balaban J connectivity index is 1.96. The van der Waals surface area contributed by atoms with Gasteiger partial charge in [-0.05, 0) is 30.5 Å². The number of thioether (sulfide) groups is 2. The predicted octanol–water partition coefficient (Wildman–Crippen LogP) is 4.39. The van der Waals surface area contributed by atoms with Crippen molar-refractivity contribution in [3.8, 4) is 0 Å². The van der Waals surface area contributed by atoms with Crippen LogP contribution in [0.25, 0.3) is 0 Å². The first-order valence-corrected chi connectivity index (χ1v) is 14.2. The van der Waals surface area contributed by atoms with Crippen LogP contribution < -0.4 is 16.8 Å². The number of carbonyl (C=O) groups is 2. The molecular weight excluding hydrogens is 462 g/mol. The second kappa shape index (κ2) is 15.2. The summed E-state index contributed by atoms with van der Waals surface area (Å²) in [6.45, 7) is 4.45. The van der Waals surface area contributed by atoms with Gasteiger partial charge in [0.2, 0.25) is 5.91 Å². The van der Waals surface area contributed by atoms with E-state index in [-0.39, 0.29) is 11.7 Å². The van der Waals surface area contributed by atoms with Gasteiger partial charge in [0, 0.05) is 23.0 Å². The number of amides is 1. The first kappa shape index (κ1) is 28.4. The van der Waals surface area contributed by atoms with Crippen molar-refractivity contribution >= 4 is 35.2 Å². The lowest BCUT2D eigenvalue weighted by Gasteiger charge is -2.28. The van der Waals surface area contributed by atoms with E-state index in [9.17, 15) is 9.59 Å². The van der Waals surface area contributed by atoms with Crippen LogP contribution in [0.3, 0.4) is 0 Å². The highest BCUT2D eigenvalue weighted by molar-refractivity contribution is 7.98. The maximum atomic E-state index is 13.2. The van der Waals surface area contributed by atoms with Crippen LogP contribution >= 0.6 is 23.5 Å². The van der Waals surface area contributed by atoms with Gasteiger partial charge in [0.15, 0.2) is 5.78 Å². The fourth-order valence-electron chi connectivity index (χ4n) is 3.39. The standard InChI is InChI=1S/C27H39N3O2S2/c1-27(2,20-34-18-22-13-7-4-8-14-22)26(32)30-24(25(31)23(29)15-9-10-16-28)19-33-17-21-11-5-3-6-12-21/h3-8,11-14,23-24H,9-10,15-20,28-29H2,1-2H3,(H,30,32)/t23?,24-/m0/s1. The normalized spacial score (nSPS) is 13.3. The van der Waals surface area contributed by atoms with Crippen molar-refractivity contribution in [3.63, 3.8) is 0 Å². The predicted molar refractivity (Wildman–Crippen MR) is 147 cm³/mol. The summed E-state index contributed by atoms with van der Waals surface area (Å²) in [6, 6.07) is 19.1. The molecule has 0 radical (unpaired) electrons. The lowest BCUT2D eigenvalue weighted by atomic mass is 9.93. The number of ketones is 1. The summed E-state index contributed by atoms with van der Waals surface area (Å²) in [5.74, 6) is 2.57. The Morgan fingerprint density at radius 1 is 0.912 bits per heavy atom. The van der Waals surface area contributed by atoms with E-state index in [2.05, 4.69) is 29.6 Å². The van der Waals surface area contributed by atoms with E-state index in [0.29, 0.717) is 24.5 Å². The highest BCUT2D eigenvalue weighted by Gasteiger charge is 2.32. The summed E-state index contributed by atoms with van der Waals surface area (Å²) in [5, 5.41) is 3.04. The highest BCUT2D eigenvalue weighted by atomic mass is 32.2. The third-order valence-electron chi connectivity index (χ3n) is 5.57. The van der Waals surface area contributed by atoms with E-state index in [1.165, 1.54) is 11.1 Å². The molecule has 5 N–H and O–H groups in total. The monoisotopic (exact) mass is 501 g/mol. The van der Waals surface area contributed by atoms with Gasteiger partial charge in [0.25, 0.3) is 0 Å². The van der Waals surface area contributed by atoms with Crippen molar-refractivity contribution in [1.29, 1.82) is 0 Å². The fourth-order valence-corrected chi connectivity index (χ4v) is 5.59. The van der Waals surface area contributed by atoms with Gasteiger partial charge < -0.3 is 16.8 Å². The van der Waals surface area contributed by atoms with E-state index >= 15 is 0 Å². The van der Waals surface area contributed by atoms with E-state index in [1.54, 1.807) is 23.5 Å². The molecule has 0 bridgehead atoms. The molecule has 0 spiro atoms. The zero-order chi connectivity index (χ0) is 24.8. The maximum absolute atomic E-state index is 13.2. The minimum absolute atomic E-state index is 0.0985. The summed E-state index contributed by atoms with van der Waals surface area (Å²) in [7, 11) is 0. The maximum Gasteiger partial charge on any atom is 0.227 e. The Morgan fingerprint density at radius 2 is 1.47 bits per heavy atom. The smallest absolute Gasteiger partial charge is 0.227 e. The molecule has 1 amide bonds. The Kier molecular flexibility index (Phi) is 12.8. The number of hydrogen-bond donors (Lipinski definition) is 3. The largest absolute Gasteiger partial charge is 0.345 e. The molecule has 0 heterocycles. The van der Waals surface area contributed by atoms with Crippen molar-refractivity contribution in [2.75, 3.05) is 18.1 Å². The van der Waals surface area contributed by atoms with Crippen LogP contribution in [0.5, 0.6) is 0 Å². The molecule has 2 atom stereocenters. The van der Waals surface area contributed by atoms with Crippen molar-refractivity contribution < 1.29 is 9.59 Å². The zero-order valence-electron chi connectivity index (χ0n) is 20.4. The Bertz CT molecular complexity index is 863. The van der Waals surface area contributed by atoms with Gasteiger partial charge >= 0.3 is 0 Å². The first-order valence-electron chi connectivity index (χ1n) is 11.9. The molecule has 2 aromatic carbocycles. The number of hydrogen-bond acceptors (Lipinski definition) is 6. The average Bonchev–Trinajstić information content (AvgIpc) is 2.84. The van der Waals surface area contributed by atoms with Crippen LogP contribution in [-0.2, 0) is 21.1 Å². The molecule has 5 nitrogen and oxygen atoms in total. The van der Waals surface area contributed by atoms with Gasteiger partial charge in [-0.15, -0.1) is 0 Å². The second-order valence-corrected chi connectivity index (χ2v) is 11.2. The third-order valence-corrected chi connectivity index (χ3v) is 8.14. The number of benzene rings is 2. The minimum Gasteiger partial charge on any atom is -0.345 e.